The van der Waals surface area contributed by atoms with E-state index in [-0.39, 0.29) is 29.4 Å². The lowest BCUT2D eigenvalue weighted by atomic mass is 10.2. The topological polar surface area (TPSA) is 52.6 Å². The summed E-state index contributed by atoms with van der Waals surface area (Å²) >= 11 is 2.95. The summed E-state index contributed by atoms with van der Waals surface area (Å²) in [6, 6.07) is 3.87. The van der Waals surface area contributed by atoms with Gasteiger partial charge in [-0.15, -0.1) is 23.1 Å². The number of thiophene rings is 1. The third-order valence-corrected chi connectivity index (χ3v) is 4.43. The molecule has 0 radical (unpaired) electrons. The van der Waals surface area contributed by atoms with Crippen LogP contribution in [-0.4, -0.2) is 31.9 Å². The SMILES string of the molecule is COC(=O)CS[C@@H](CC(=O)OC)c1cccs1. The van der Waals surface area contributed by atoms with Crippen molar-refractivity contribution >= 4 is 35.0 Å². The summed E-state index contributed by atoms with van der Waals surface area (Å²) in [5.74, 6) is -0.335. The van der Waals surface area contributed by atoms with Gasteiger partial charge in [0.05, 0.1) is 31.6 Å². The molecule has 0 spiro atoms. The first-order chi connectivity index (χ1) is 8.17. The lowest BCUT2D eigenvalue weighted by Crippen LogP contribution is -2.09. The fourth-order valence-corrected chi connectivity index (χ4v) is 3.21. The summed E-state index contributed by atoms with van der Waals surface area (Å²) in [4.78, 5) is 23.4. The predicted molar refractivity (Wildman–Crippen MR) is 68.2 cm³/mol. The smallest absolute Gasteiger partial charge is 0.315 e. The largest absolute Gasteiger partial charge is 0.469 e. The molecule has 4 nitrogen and oxygen atoms in total. The maximum Gasteiger partial charge on any atom is 0.315 e. The number of carbonyl (C=O) groups is 2. The minimum absolute atomic E-state index is 0.0541. The molecular weight excluding hydrogens is 260 g/mol. The second-order valence-electron chi connectivity index (χ2n) is 3.17. The molecule has 1 heterocycles. The third kappa shape index (κ3) is 4.79. The number of carbonyl (C=O) groups excluding carboxylic acids is 2. The van der Waals surface area contributed by atoms with Crippen molar-refractivity contribution in [2.24, 2.45) is 0 Å². The molecule has 0 N–H and O–H groups in total. The Kier molecular flexibility index (Phi) is 6.07. The quantitative estimate of drug-likeness (QED) is 0.745. The van der Waals surface area contributed by atoms with E-state index in [0.29, 0.717) is 0 Å². The molecule has 0 unspecified atom stereocenters. The normalized spacial score (nSPS) is 11.9. The van der Waals surface area contributed by atoms with Gasteiger partial charge in [0, 0.05) is 4.88 Å². The van der Waals surface area contributed by atoms with Crippen LogP contribution in [0.1, 0.15) is 16.5 Å². The molecule has 1 aromatic heterocycles. The van der Waals surface area contributed by atoms with E-state index in [9.17, 15) is 9.59 Å². The highest BCUT2D eigenvalue weighted by Gasteiger charge is 2.19. The van der Waals surface area contributed by atoms with Crippen LogP contribution in [-0.2, 0) is 19.1 Å². The van der Waals surface area contributed by atoms with Gasteiger partial charge in [0.15, 0.2) is 0 Å². The van der Waals surface area contributed by atoms with Crippen LogP contribution in [0.25, 0.3) is 0 Å². The molecule has 0 aliphatic heterocycles. The van der Waals surface area contributed by atoms with Gasteiger partial charge in [-0.3, -0.25) is 9.59 Å². The van der Waals surface area contributed by atoms with Gasteiger partial charge in [0.25, 0.3) is 0 Å². The average molecular weight is 274 g/mol. The molecule has 0 aliphatic carbocycles. The van der Waals surface area contributed by atoms with Gasteiger partial charge in [0.2, 0.25) is 0 Å². The number of ether oxygens (including phenoxy) is 2. The molecule has 0 aromatic carbocycles. The summed E-state index contributed by atoms with van der Waals surface area (Å²) < 4.78 is 9.22. The summed E-state index contributed by atoms with van der Waals surface area (Å²) in [5, 5.41) is 1.89. The van der Waals surface area contributed by atoms with Crippen molar-refractivity contribution in [1.82, 2.24) is 0 Å². The van der Waals surface area contributed by atoms with E-state index in [1.54, 1.807) is 11.3 Å². The molecule has 1 aromatic rings. The van der Waals surface area contributed by atoms with Crippen molar-refractivity contribution in [1.29, 1.82) is 0 Å². The van der Waals surface area contributed by atoms with E-state index in [4.69, 9.17) is 0 Å². The first kappa shape index (κ1) is 14.1. The highest BCUT2D eigenvalue weighted by molar-refractivity contribution is 8.00. The fourth-order valence-electron chi connectivity index (χ4n) is 1.18. The zero-order chi connectivity index (χ0) is 12.7. The number of hydrogen-bond donors (Lipinski definition) is 0. The van der Waals surface area contributed by atoms with E-state index in [0.717, 1.165) is 4.88 Å². The molecule has 17 heavy (non-hydrogen) atoms. The average Bonchev–Trinajstić information content (AvgIpc) is 2.87. The van der Waals surface area contributed by atoms with E-state index < -0.39 is 0 Å². The molecule has 94 valence electrons. The van der Waals surface area contributed by atoms with Gasteiger partial charge in [0.1, 0.15) is 0 Å². The molecule has 0 amide bonds. The zero-order valence-corrected chi connectivity index (χ0v) is 11.3. The van der Waals surface area contributed by atoms with Crippen LogP contribution in [0.3, 0.4) is 0 Å². The van der Waals surface area contributed by atoms with Crippen LogP contribution < -0.4 is 0 Å². The van der Waals surface area contributed by atoms with E-state index in [1.165, 1.54) is 26.0 Å². The van der Waals surface area contributed by atoms with Gasteiger partial charge >= 0.3 is 11.9 Å². The summed E-state index contributed by atoms with van der Waals surface area (Å²) in [6.45, 7) is 0. The molecule has 0 saturated carbocycles. The highest BCUT2D eigenvalue weighted by atomic mass is 32.2. The Labute approximate surface area is 108 Å². The van der Waals surface area contributed by atoms with Gasteiger partial charge < -0.3 is 9.47 Å². The molecule has 1 rings (SSSR count). The Morgan fingerprint density at radius 1 is 1.35 bits per heavy atom. The number of methoxy groups -OCH3 is 2. The monoisotopic (exact) mass is 274 g/mol. The fraction of sp³-hybridized carbons (Fsp3) is 0.455. The first-order valence-corrected chi connectivity index (χ1v) is 6.88. The van der Waals surface area contributed by atoms with Gasteiger partial charge in [-0.2, -0.15) is 0 Å². The van der Waals surface area contributed by atoms with Crippen LogP contribution in [0, 0.1) is 0 Å². The first-order valence-electron chi connectivity index (χ1n) is 4.96. The van der Waals surface area contributed by atoms with Crippen LogP contribution in [0.4, 0.5) is 0 Å². The molecule has 0 bridgehead atoms. The standard InChI is InChI=1S/C11H14O4S2/c1-14-10(12)6-9(8-4-3-5-16-8)17-7-11(13)15-2/h3-5,9H,6-7H2,1-2H3/t9-/m0/s1. The van der Waals surface area contributed by atoms with Crippen molar-refractivity contribution in [3.8, 4) is 0 Å². The van der Waals surface area contributed by atoms with Crippen molar-refractivity contribution in [2.45, 2.75) is 11.7 Å². The lowest BCUT2D eigenvalue weighted by Gasteiger charge is -2.12. The second-order valence-corrected chi connectivity index (χ2v) is 5.34. The number of thioether (sulfide) groups is 1. The minimum Gasteiger partial charge on any atom is -0.469 e. The summed E-state index contributed by atoms with van der Waals surface area (Å²) in [6.07, 6.45) is 0.263. The van der Waals surface area contributed by atoms with Crippen molar-refractivity contribution in [3.05, 3.63) is 22.4 Å². The summed E-state index contributed by atoms with van der Waals surface area (Å²) in [5.41, 5.74) is 0. The molecule has 6 heteroatoms. The number of rotatable bonds is 6. The molecule has 0 saturated heterocycles. The van der Waals surface area contributed by atoms with Gasteiger partial charge in [-0.1, -0.05) is 6.07 Å². The Hall–Kier alpha value is -1.01. The minimum atomic E-state index is -0.290. The second kappa shape index (κ2) is 7.34. The van der Waals surface area contributed by atoms with Crippen LogP contribution >= 0.6 is 23.1 Å². The predicted octanol–water partition coefficient (Wildman–Crippen LogP) is 2.26. The van der Waals surface area contributed by atoms with Crippen molar-refractivity contribution < 1.29 is 19.1 Å². The van der Waals surface area contributed by atoms with Crippen LogP contribution in [0.15, 0.2) is 17.5 Å². The lowest BCUT2D eigenvalue weighted by molar-refractivity contribution is -0.141. The van der Waals surface area contributed by atoms with E-state index in [2.05, 4.69) is 9.47 Å². The number of hydrogen-bond acceptors (Lipinski definition) is 6. The highest BCUT2D eigenvalue weighted by Crippen LogP contribution is 2.35. The summed E-state index contributed by atoms with van der Waals surface area (Å²) in [7, 11) is 2.71. The van der Waals surface area contributed by atoms with Crippen LogP contribution in [0.2, 0.25) is 0 Å². The molecule has 1 atom stereocenters. The van der Waals surface area contributed by atoms with Crippen molar-refractivity contribution in [3.63, 3.8) is 0 Å². The third-order valence-electron chi connectivity index (χ3n) is 2.07. The molecule has 0 fully saturated rings. The van der Waals surface area contributed by atoms with Crippen molar-refractivity contribution in [2.75, 3.05) is 20.0 Å². The molecule has 0 aliphatic rings. The zero-order valence-electron chi connectivity index (χ0n) is 9.67. The molecular formula is C11H14O4S2. The van der Waals surface area contributed by atoms with E-state index >= 15 is 0 Å². The maximum atomic E-state index is 11.3. The van der Waals surface area contributed by atoms with Gasteiger partial charge in [-0.25, -0.2) is 0 Å². The Bertz CT molecular complexity index is 362. The maximum absolute atomic E-state index is 11.3. The Morgan fingerprint density at radius 2 is 2.06 bits per heavy atom. The number of esters is 2. The van der Waals surface area contributed by atoms with Gasteiger partial charge in [-0.05, 0) is 11.4 Å². The Morgan fingerprint density at radius 3 is 2.59 bits per heavy atom. The van der Waals surface area contributed by atoms with E-state index in [1.807, 2.05) is 17.5 Å². The Balaban J connectivity index is 2.60. The van der Waals surface area contributed by atoms with Crippen LogP contribution in [0.5, 0.6) is 0 Å².